The molecule has 2 heterocycles. The van der Waals surface area contributed by atoms with Gasteiger partial charge in [0.1, 0.15) is 0 Å². The molecule has 2 aromatic rings. The molecule has 3 rings (SSSR count). The third kappa shape index (κ3) is 4.05. The molecule has 2 amide bonds. The molecule has 1 aliphatic heterocycles. The summed E-state index contributed by atoms with van der Waals surface area (Å²) in [5, 5.41) is 0. The van der Waals surface area contributed by atoms with Crippen LogP contribution in [0.2, 0.25) is 0 Å². The molecule has 1 aromatic carbocycles. The highest BCUT2D eigenvalue weighted by molar-refractivity contribution is 5.94. The lowest BCUT2D eigenvalue weighted by atomic mass is 10.0. The molecule has 0 spiro atoms. The van der Waals surface area contributed by atoms with Crippen molar-refractivity contribution in [2.24, 2.45) is 0 Å². The zero-order chi connectivity index (χ0) is 17.8. The van der Waals surface area contributed by atoms with Crippen molar-refractivity contribution >= 4 is 11.8 Å². The molecule has 0 saturated carbocycles. The standard InChI is InChI=1S/C20H23N3O2/c1-15-5-6-17(16(2)12-15)13-19(24)22-8-10-23(11-9-22)20(25)18-4-3-7-21-14-18/h3-7,12,14H,8-11,13H2,1-2H3. The van der Waals surface area contributed by atoms with Gasteiger partial charge in [-0.25, -0.2) is 0 Å². The molecule has 0 atom stereocenters. The first-order chi connectivity index (χ1) is 12.0. The Labute approximate surface area is 148 Å². The number of aryl methyl sites for hydroxylation is 2. The summed E-state index contributed by atoms with van der Waals surface area (Å²) >= 11 is 0. The summed E-state index contributed by atoms with van der Waals surface area (Å²) in [6.45, 7) is 6.38. The number of carbonyl (C=O) groups is 2. The van der Waals surface area contributed by atoms with Crippen LogP contribution >= 0.6 is 0 Å². The summed E-state index contributed by atoms with van der Waals surface area (Å²) < 4.78 is 0. The molecular weight excluding hydrogens is 314 g/mol. The summed E-state index contributed by atoms with van der Waals surface area (Å²) in [5.74, 6) is 0.106. The van der Waals surface area contributed by atoms with Crippen molar-refractivity contribution in [2.45, 2.75) is 20.3 Å². The van der Waals surface area contributed by atoms with Crippen molar-refractivity contribution in [3.8, 4) is 0 Å². The fraction of sp³-hybridized carbons (Fsp3) is 0.350. The Kier molecular flexibility index (Phi) is 5.12. The van der Waals surface area contributed by atoms with E-state index in [-0.39, 0.29) is 11.8 Å². The summed E-state index contributed by atoms with van der Waals surface area (Å²) in [6, 6.07) is 9.71. The van der Waals surface area contributed by atoms with Crippen molar-refractivity contribution in [3.63, 3.8) is 0 Å². The van der Waals surface area contributed by atoms with Crippen LogP contribution in [0.15, 0.2) is 42.7 Å². The third-order valence-corrected chi connectivity index (χ3v) is 4.67. The van der Waals surface area contributed by atoms with Crippen LogP contribution in [0.1, 0.15) is 27.0 Å². The van der Waals surface area contributed by atoms with Gasteiger partial charge in [0.2, 0.25) is 5.91 Å². The first-order valence-electron chi connectivity index (χ1n) is 8.58. The number of carbonyl (C=O) groups excluding carboxylic acids is 2. The predicted octanol–water partition coefficient (Wildman–Crippen LogP) is 2.23. The second kappa shape index (κ2) is 7.47. The van der Waals surface area contributed by atoms with Crippen LogP contribution in [0.3, 0.4) is 0 Å². The van der Waals surface area contributed by atoms with E-state index in [2.05, 4.69) is 18.0 Å². The first kappa shape index (κ1) is 17.1. The van der Waals surface area contributed by atoms with E-state index >= 15 is 0 Å². The zero-order valence-electron chi connectivity index (χ0n) is 14.7. The maximum atomic E-state index is 12.6. The van der Waals surface area contributed by atoms with Gasteiger partial charge in [-0.2, -0.15) is 0 Å². The molecular formula is C20H23N3O2. The minimum absolute atomic E-state index is 0.0189. The van der Waals surface area contributed by atoms with E-state index in [1.165, 1.54) is 5.56 Å². The van der Waals surface area contributed by atoms with E-state index in [0.29, 0.717) is 38.2 Å². The number of amides is 2. The van der Waals surface area contributed by atoms with E-state index in [9.17, 15) is 9.59 Å². The number of aromatic nitrogens is 1. The van der Waals surface area contributed by atoms with Gasteiger partial charge < -0.3 is 9.80 Å². The fourth-order valence-electron chi connectivity index (χ4n) is 3.15. The summed E-state index contributed by atoms with van der Waals surface area (Å²) in [6.07, 6.45) is 3.66. The highest BCUT2D eigenvalue weighted by Crippen LogP contribution is 2.14. The van der Waals surface area contributed by atoms with Gasteiger partial charge in [-0.3, -0.25) is 14.6 Å². The van der Waals surface area contributed by atoms with Gasteiger partial charge in [-0.1, -0.05) is 23.8 Å². The lowest BCUT2D eigenvalue weighted by molar-refractivity contribution is -0.131. The Morgan fingerprint density at radius 1 is 1.04 bits per heavy atom. The Morgan fingerprint density at radius 2 is 1.76 bits per heavy atom. The average molecular weight is 337 g/mol. The van der Waals surface area contributed by atoms with Crippen molar-refractivity contribution < 1.29 is 9.59 Å². The van der Waals surface area contributed by atoms with E-state index in [1.807, 2.05) is 24.0 Å². The van der Waals surface area contributed by atoms with Gasteiger partial charge in [0.25, 0.3) is 5.91 Å². The Bertz CT molecular complexity index is 766. The highest BCUT2D eigenvalue weighted by Gasteiger charge is 2.25. The van der Waals surface area contributed by atoms with Crippen LogP contribution in [-0.2, 0) is 11.2 Å². The Hall–Kier alpha value is -2.69. The van der Waals surface area contributed by atoms with Gasteiger partial charge in [0, 0.05) is 38.6 Å². The van der Waals surface area contributed by atoms with Crippen LogP contribution < -0.4 is 0 Å². The van der Waals surface area contributed by atoms with Gasteiger partial charge in [0.05, 0.1) is 12.0 Å². The predicted molar refractivity (Wildman–Crippen MR) is 96.3 cm³/mol. The molecule has 0 radical (unpaired) electrons. The second-order valence-corrected chi connectivity index (χ2v) is 6.52. The topological polar surface area (TPSA) is 53.5 Å². The molecule has 1 aromatic heterocycles. The maximum absolute atomic E-state index is 12.6. The smallest absolute Gasteiger partial charge is 0.255 e. The molecule has 5 nitrogen and oxygen atoms in total. The number of nitrogens with zero attached hydrogens (tertiary/aromatic N) is 3. The van der Waals surface area contributed by atoms with Crippen molar-refractivity contribution in [1.29, 1.82) is 0 Å². The number of pyridine rings is 1. The average Bonchev–Trinajstić information content (AvgIpc) is 2.64. The van der Waals surface area contributed by atoms with Crippen LogP contribution in [-0.4, -0.2) is 52.8 Å². The van der Waals surface area contributed by atoms with Crippen LogP contribution in [0.25, 0.3) is 0 Å². The van der Waals surface area contributed by atoms with Crippen LogP contribution in [0.5, 0.6) is 0 Å². The molecule has 1 aliphatic rings. The highest BCUT2D eigenvalue weighted by atomic mass is 16.2. The van der Waals surface area contributed by atoms with E-state index in [0.717, 1.165) is 11.1 Å². The molecule has 0 unspecified atom stereocenters. The normalized spacial score (nSPS) is 14.5. The third-order valence-electron chi connectivity index (χ3n) is 4.67. The van der Waals surface area contributed by atoms with E-state index in [4.69, 9.17) is 0 Å². The van der Waals surface area contributed by atoms with Crippen molar-refractivity contribution in [2.75, 3.05) is 26.2 Å². The Morgan fingerprint density at radius 3 is 2.40 bits per heavy atom. The minimum atomic E-state index is -0.0189. The van der Waals surface area contributed by atoms with Gasteiger partial charge in [-0.15, -0.1) is 0 Å². The van der Waals surface area contributed by atoms with Crippen LogP contribution in [0, 0.1) is 13.8 Å². The number of benzene rings is 1. The minimum Gasteiger partial charge on any atom is -0.339 e. The number of piperazine rings is 1. The molecule has 1 saturated heterocycles. The largest absolute Gasteiger partial charge is 0.339 e. The molecule has 0 aliphatic carbocycles. The number of rotatable bonds is 3. The molecule has 0 bridgehead atoms. The van der Waals surface area contributed by atoms with Crippen molar-refractivity contribution in [3.05, 3.63) is 65.0 Å². The number of hydrogen-bond donors (Lipinski definition) is 0. The van der Waals surface area contributed by atoms with Crippen molar-refractivity contribution in [1.82, 2.24) is 14.8 Å². The summed E-state index contributed by atoms with van der Waals surface area (Å²) in [4.78, 5) is 32.6. The molecule has 25 heavy (non-hydrogen) atoms. The number of hydrogen-bond acceptors (Lipinski definition) is 3. The summed E-state index contributed by atoms with van der Waals surface area (Å²) in [5.41, 5.74) is 4.02. The second-order valence-electron chi connectivity index (χ2n) is 6.52. The van der Waals surface area contributed by atoms with Gasteiger partial charge >= 0.3 is 0 Å². The molecule has 1 fully saturated rings. The Balaban J connectivity index is 1.56. The van der Waals surface area contributed by atoms with Crippen LogP contribution in [0.4, 0.5) is 0 Å². The fourth-order valence-corrected chi connectivity index (χ4v) is 3.15. The molecule has 0 N–H and O–H groups in total. The van der Waals surface area contributed by atoms with E-state index in [1.54, 1.807) is 29.4 Å². The zero-order valence-corrected chi connectivity index (χ0v) is 14.7. The van der Waals surface area contributed by atoms with Gasteiger partial charge in [0.15, 0.2) is 0 Å². The molecule has 130 valence electrons. The first-order valence-corrected chi connectivity index (χ1v) is 8.58. The monoisotopic (exact) mass is 337 g/mol. The maximum Gasteiger partial charge on any atom is 0.255 e. The lowest BCUT2D eigenvalue weighted by Crippen LogP contribution is -2.51. The van der Waals surface area contributed by atoms with Gasteiger partial charge in [-0.05, 0) is 37.1 Å². The molecule has 5 heteroatoms. The quantitative estimate of drug-likeness (QED) is 0.863. The SMILES string of the molecule is Cc1ccc(CC(=O)N2CCN(C(=O)c3cccnc3)CC2)c(C)c1. The van der Waals surface area contributed by atoms with E-state index < -0.39 is 0 Å². The lowest BCUT2D eigenvalue weighted by Gasteiger charge is -2.35. The summed E-state index contributed by atoms with van der Waals surface area (Å²) in [7, 11) is 0.